The molecule has 0 aromatic carbocycles. The minimum Gasteiger partial charge on any atom is -0.387 e. The summed E-state index contributed by atoms with van der Waals surface area (Å²) >= 11 is 0. The van der Waals surface area contributed by atoms with Crippen LogP contribution in [0.1, 0.15) is 13.3 Å². The molecule has 3 nitrogen and oxygen atoms in total. The van der Waals surface area contributed by atoms with Crippen LogP contribution in [-0.4, -0.2) is 67.7 Å². The molecule has 1 fully saturated rings. The summed E-state index contributed by atoms with van der Waals surface area (Å²) in [7, 11) is 1.80. The molecule has 5 heteroatoms. The average Bonchev–Trinajstić information content (AvgIpc) is 2.25. The Balaban J connectivity index is 2.57. The van der Waals surface area contributed by atoms with Gasteiger partial charge in [0.25, 0.3) is 0 Å². The van der Waals surface area contributed by atoms with Gasteiger partial charge in [-0.2, -0.15) is 0 Å². The van der Waals surface area contributed by atoms with E-state index in [2.05, 4.69) is 19.6 Å². The number of rotatable bonds is 3. The van der Waals surface area contributed by atoms with Crippen molar-refractivity contribution in [3.05, 3.63) is 0 Å². The van der Waals surface area contributed by atoms with E-state index in [1.807, 2.05) is 0 Å². The van der Waals surface area contributed by atoms with Crippen LogP contribution in [0, 0.1) is 0 Å². The minimum atomic E-state index is -1.12. The molecule has 0 bridgehead atoms. The van der Waals surface area contributed by atoms with Crippen LogP contribution in [0.3, 0.4) is 0 Å². The maximum Gasteiger partial charge on any atom is 0.143 e. The Bertz CT molecular complexity index is 274. The predicted molar refractivity (Wildman–Crippen MR) is 69.2 cm³/mol. The Kier molecular flexibility index (Phi) is 3.77. The molecule has 1 rings (SSSR count). The number of ether oxygens (including phenoxy) is 1. The van der Waals surface area contributed by atoms with Crippen molar-refractivity contribution in [2.75, 3.05) is 19.5 Å². The molecule has 0 spiro atoms. The number of hydrogen-bond donors (Lipinski definition) is 2. The van der Waals surface area contributed by atoms with Gasteiger partial charge >= 0.3 is 0 Å². The van der Waals surface area contributed by atoms with E-state index in [-0.39, 0.29) is 12.1 Å². The molecule has 4 atom stereocenters. The molecule has 0 amide bonds. The normalized spacial score (nSPS) is 42.1. The van der Waals surface area contributed by atoms with E-state index in [1.165, 1.54) is 0 Å². The molecule has 1 saturated heterocycles. The molecular weight excluding hydrogens is 210 g/mol. The second-order valence-electron chi connectivity index (χ2n) is 5.44. The molecule has 0 saturated carbocycles. The van der Waals surface area contributed by atoms with Crippen LogP contribution < -0.4 is 0 Å². The van der Waals surface area contributed by atoms with Crippen LogP contribution >= 0.6 is 6.89 Å². The molecule has 0 aliphatic carbocycles. The van der Waals surface area contributed by atoms with E-state index >= 15 is 0 Å². The molecule has 88 valence electrons. The van der Waals surface area contributed by atoms with Gasteiger partial charge in [-0.25, -0.2) is 0 Å². The van der Waals surface area contributed by atoms with Gasteiger partial charge in [0.05, 0.1) is 12.1 Å². The number of aliphatic hydroxyl groups excluding tert-OH is 1. The fourth-order valence-electron chi connectivity index (χ4n) is 1.79. The van der Waals surface area contributed by atoms with Gasteiger partial charge in [-0.15, -0.1) is 13.2 Å². The lowest BCUT2D eigenvalue weighted by Gasteiger charge is -2.24. The van der Waals surface area contributed by atoms with Crippen molar-refractivity contribution >= 4 is 21.0 Å². The van der Waals surface area contributed by atoms with E-state index in [0.29, 0.717) is 0 Å². The lowest BCUT2D eigenvalue weighted by molar-refractivity contribution is -0.0425. The standard InChI is InChI=1S/C10H22BO3P/c1-10(13)8(12)7(14-9(10)11)5-6-15(2,3)4/h7-9,12-13H,2,5-6,11H2,1,3-4H3/t7?,8-,9-,10+/m1/s1. The predicted octanol–water partition coefficient (Wildman–Crippen LogP) is -0.444. The Labute approximate surface area is 93.2 Å². The van der Waals surface area contributed by atoms with Crippen molar-refractivity contribution in [1.29, 1.82) is 0 Å². The van der Waals surface area contributed by atoms with Crippen LogP contribution in [-0.2, 0) is 4.74 Å². The fourth-order valence-corrected chi connectivity index (χ4v) is 2.75. The zero-order valence-corrected chi connectivity index (χ0v) is 11.0. The van der Waals surface area contributed by atoms with Gasteiger partial charge < -0.3 is 14.9 Å². The Hall–Kier alpha value is 0.245. The van der Waals surface area contributed by atoms with Crippen LogP contribution in [0.15, 0.2) is 0 Å². The molecule has 0 aromatic heterocycles. The first-order chi connectivity index (χ1) is 6.64. The van der Waals surface area contributed by atoms with Gasteiger partial charge in [0.2, 0.25) is 0 Å². The first-order valence-corrected chi connectivity index (χ1v) is 8.43. The van der Waals surface area contributed by atoms with Crippen molar-refractivity contribution in [2.45, 2.75) is 37.2 Å². The fraction of sp³-hybridized carbons (Fsp3) is 0.900. The van der Waals surface area contributed by atoms with Gasteiger partial charge in [0, 0.05) is 0 Å². The Morgan fingerprint density at radius 2 is 2.07 bits per heavy atom. The van der Waals surface area contributed by atoms with E-state index in [4.69, 9.17) is 4.74 Å². The summed E-state index contributed by atoms with van der Waals surface area (Å²) in [4.78, 5) is 0. The van der Waals surface area contributed by atoms with Crippen molar-refractivity contribution in [2.24, 2.45) is 0 Å². The lowest BCUT2D eigenvalue weighted by atomic mass is 9.82. The van der Waals surface area contributed by atoms with Crippen LogP contribution in [0.5, 0.6) is 0 Å². The van der Waals surface area contributed by atoms with E-state index in [1.54, 1.807) is 14.8 Å². The molecule has 15 heavy (non-hydrogen) atoms. The minimum absolute atomic E-state index is 0.240. The van der Waals surface area contributed by atoms with E-state index in [9.17, 15) is 10.2 Å². The molecule has 1 unspecified atom stereocenters. The average molecular weight is 232 g/mol. The Morgan fingerprint density at radius 1 is 1.53 bits per heavy atom. The highest BCUT2D eigenvalue weighted by atomic mass is 31.2. The highest BCUT2D eigenvalue weighted by molar-refractivity contribution is 7.72. The molecule has 1 aliphatic rings. The van der Waals surface area contributed by atoms with Gasteiger partial charge in [-0.3, -0.25) is 0 Å². The van der Waals surface area contributed by atoms with Crippen molar-refractivity contribution < 1.29 is 14.9 Å². The topological polar surface area (TPSA) is 49.7 Å². The first kappa shape index (κ1) is 13.3. The third kappa shape index (κ3) is 3.10. The maximum absolute atomic E-state index is 9.95. The summed E-state index contributed by atoms with van der Waals surface area (Å²) in [6, 6.07) is -0.302. The number of hydrogen-bond acceptors (Lipinski definition) is 3. The molecule has 2 N–H and O–H groups in total. The van der Waals surface area contributed by atoms with Gasteiger partial charge in [0.1, 0.15) is 19.6 Å². The highest BCUT2D eigenvalue weighted by Crippen LogP contribution is 2.39. The third-order valence-corrected chi connectivity index (χ3v) is 4.64. The Morgan fingerprint density at radius 3 is 2.40 bits per heavy atom. The SMILES string of the molecule is B[C@@H]1OC(CCP(=C)(C)C)[C@@H](O)[C@]1(C)O. The smallest absolute Gasteiger partial charge is 0.143 e. The summed E-state index contributed by atoms with van der Waals surface area (Å²) in [5.74, 6) is 0. The molecule has 1 heterocycles. The van der Waals surface area contributed by atoms with Gasteiger partial charge in [-0.05, 0) is 32.8 Å². The molecule has 0 aromatic rings. The first-order valence-electron chi connectivity index (χ1n) is 5.38. The lowest BCUT2D eigenvalue weighted by Crippen LogP contribution is -2.45. The third-order valence-electron chi connectivity index (χ3n) is 3.17. The summed E-state index contributed by atoms with van der Waals surface area (Å²) in [5, 5.41) is 19.9. The van der Waals surface area contributed by atoms with Crippen LogP contribution in [0.25, 0.3) is 0 Å². The van der Waals surface area contributed by atoms with Crippen molar-refractivity contribution in [3.8, 4) is 0 Å². The van der Waals surface area contributed by atoms with E-state index in [0.717, 1.165) is 12.6 Å². The van der Waals surface area contributed by atoms with Gasteiger partial charge in [-0.1, -0.05) is 0 Å². The zero-order chi connectivity index (χ0) is 11.9. The molecule has 0 radical (unpaired) electrons. The quantitative estimate of drug-likeness (QED) is 0.512. The molecule has 1 aliphatic heterocycles. The maximum atomic E-state index is 9.95. The van der Waals surface area contributed by atoms with Gasteiger partial charge in [0.15, 0.2) is 0 Å². The van der Waals surface area contributed by atoms with Crippen LogP contribution in [0.2, 0.25) is 0 Å². The molecular formula is C10H22BO3P. The largest absolute Gasteiger partial charge is 0.387 e. The van der Waals surface area contributed by atoms with Crippen LogP contribution in [0.4, 0.5) is 0 Å². The monoisotopic (exact) mass is 232 g/mol. The van der Waals surface area contributed by atoms with E-state index < -0.39 is 18.6 Å². The summed E-state index contributed by atoms with van der Waals surface area (Å²) < 4.78 is 5.57. The number of aliphatic hydroxyl groups is 2. The zero-order valence-electron chi connectivity index (χ0n) is 10.1. The second kappa shape index (κ2) is 4.25. The van der Waals surface area contributed by atoms with Crippen molar-refractivity contribution in [3.63, 3.8) is 0 Å². The highest BCUT2D eigenvalue weighted by Gasteiger charge is 2.48. The van der Waals surface area contributed by atoms with Crippen molar-refractivity contribution in [1.82, 2.24) is 0 Å². The summed E-state index contributed by atoms with van der Waals surface area (Å²) in [5.41, 5.74) is -1.12. The second-order valence-corrected chi connectivity index (χ2v) is 9.75. The summed E-state index contributed by atoms with van der Waals surface area (Å²) in [6.07, 6.45) is 4.87. The summed E-state index contributed by atoms with van der Waals surface area (Å²) in [6.45, 7) is 4.88.